The highest BCUT2D eigenvalue weighted by molar-refractivity contribution is 5.99. The number of nitrogens with zero attached hydrogens (tertiary/aromatic N) is 2. The Bertz CT molecular complexity index is 971. The van der Waals surface area contributed by atoms with E-state index in [0.29, 0.717) is 24.6 Å². The van der Waals surface area contributed by atoms with Crippen molar-refractivity contribution in [2.75, 3.05) is 18.5 Å². The number of hydrogen-bond acceptors (Lipinski definition) is 4. The molecule has 1 aromatic heterocycles. The van der Waals surface area contributed by atoms with Crippen LogP contribution in [0.15, 0.2) is 18.2 Å². The number of nitrogens with two attached hydrogens (primary N) is 1. The van der Waals surface area contributed by atoms with E-state index in [-0.39, 0.29) is 17.0 Å². The fourth-order valence-electron chi connectivity index (χ4n) is 3.93. The van der Waals surface area contributed by atoms with Crippen molar-refractivity contribution in [1.29, 1.82) is 0 Å². The first-order valence-electron chi connectivity index (χ1n) is 9.51. The minimum Gasteiger partial charge on any atom is -0.379 e. The maximum Gasteiger partial charge on any atom is 0.253 e. The molecular weight excluding hydrogens is 359 g/mol. The number of rotatable bonds is 4. The summed E-state index contributed by atoms with van der Waals surface area (Å²) in [5.41, 5.74) is 9.25. The van der Waals surface area contributed by atoms with Crippen molar-refractivity contribution in [3.63, 3.8) is 0 Å². The summed E-state index contributed by atoms with van der Waals surface area (Å²) in [4.78, 5) is 11.9. The number of amides is 1. The number of ether oxygens (including phenoxy) is 1. The normalized spacial score (nSPS) is 20.2. The number of hydrogen-bond donors (Lipinski definition) is 2. The molecule has 0 radical (unpaired) electrons. The van der Waals surface area contributed by atoms with Crippen LogP contribution in [0.4, 0.5) is 10.1 Å². The second-order valence-corrected chi connectivity index (χ2v) is 8.28. The number of carbonyl (C=O) groups excluding carboxylic acids is 1. The molecule has 1 aliphatic carbocycles. The summed E-state index contributed by atoms with van der Waals surface area (Å²) in [7, 11) is 0. The third-order valence-corrected chi connectivity index (χ3v) is 5.39. The van der Waals surface area contributed by atoms with Gasteiger partial charge >= 0.3 is 0 Å². The lowest BCUT2D eigenvalue weighted by Gasteiger charge is -2.25. The Hall–Kier alpha value is -2.67. The van der Waals surface area contributed by atoms with Crippen molar-refractivity contribution in [1.82, 2.24) is 9.78 Å². The predicted octanol–water partition coefficient (Wildman–Crippen LogP) is 3.22. The summed E-state index contributed by atoms with van der Waals surface area (Å²) in [5, 5.41) is 7.87. The zero-order chi connectivity index (χ0) is 20.1. The summed E-state index contributed by atoms with van der Waals surface area (Å²) in [5.74, 6) is -1.45. The molecule has 6 nitrogen and oxygen atoms in total. The number of carbonyl (C=O) groups is 1. The molecule has 4 rings (SSSR count). The molecule has 0 spiro atoms. The van der Waals surface area contributed by atoms with Gasteiger partial charge in [0.2, 0.25) is 0 Å². The van der Waals surface area contributed by atoms with Crippen LogP contribution in [0.3, 0.4) is 0 Å². The number of fused-ring (bicyclic) bond motifs is 1. The van der Waals surface area contributed by atoms with Crippen LogP contribution in [0.5, 0.6) is 0 Å². The van der Waals surface area contributed by atoms with E-state index in [1.165, 1.54) is 6.07 Å². The van der Waals surface area contributed by atoms with Crippen molar-refractivity contribution in [3.05, 3.63) is 46.5 Å². The van der Waals surface area contributed by atoms with Crippen molar-refractivity contribution < 1.29 is 13.9 Å². The molecule has 1 aliphatic heterocycles. The number of allylic oxidation sites excluding steroid dienone is 1. The van der Waals surface area contributed by atoms with E-state index in [4.69, 9.17) is 10.5 Å². The van der Waals surface area contributed by atoms with Crippen LogP contribution in [-0.4, -0.2) is 34.9 Å². The fourth-order valence-corrected chi connectivity index (χ4v) is 3.93. The van der Waals surface area contributed by atoms with E-state index < -0.39 is 11.7 Å². The van der Waals surface area contributed by atoms with E-state index in [9.17, 15) is 9.18 Å². The fraction of sp³-hybridized carbons (Fsp3) is 0.429. The first kappa shape index (κ1) is 18.7. The maximum absolute atomic E-state index is 14.9. The zero-order valence-corrected chi connectivity index (χ0v) is 16.4. The summed E-state index contributed by atoms with van der Waals surface area (Å²) in [6.45, 7) is 7.41. The average molecular weight is 384 g/mol. The minimum absolute atomic E-state index is 0.00873. The molecule has 2 aliphatic rings. The second-order valence-electron chi connectivity index (χ2n) is 8.28. The molecule has 1 saturated heterocycles. The van der Waals surface area contributed by atoms with Crippen molar-refractivity contribution in [2.24, 2.45) is 11.1 Å². The summed E-state index contributed by atoms with van der Waals surface area (Å²) >= 11 is 0. The zero-order valence-electron chi connectivity index (χ0n) is 16.4. The first-order chi connectivity index (χ1) is 13.2. The van der Waals surface area contributed by atoms with E-state index in [1.807, 2.05) is 6.92 Å². The van der Waals surface area contributed by atoms with Crippen molar-refractivity contribution >= 4 is 17.7 Å². The number of benzene rings is 1. The number of primary amides is 1. The topological polar surface area (TPSA) is 82.2 Å². The lowest BCUT2D eigenvalue weighted by atomic mass is 9.82. The molecule has 1 fully saturated rings. The molecule has 1 atom stereocenters. The Kier molecular flexibility index (Phi) is 4.50. The molecule has 7 heteroatoms. The third-order valence-electron chi connectivity index (χ3n) is 5.39. The van der Waals surface area contributed by atoms with Gasteiger partial charge in [0.15, 0.2) is 0 Å². The van der Waals surface area contributed by atoms with E-state index in [1.54, 1.807) is 10.7 Å². The molecular formula is C21H25FN4O2. The highest BCUT2D eigenvalue weighted by atomic mass is 19.1. The largest absolute Gasteiger partial charge is 0.379 e. The highest BCUT2D eigenvalue weighted by Gasteiger charge is 2.28. The van der Waals surface area contributed by atoms with Gasteiger partial charge in [-0.2, -0.15) is 5.10 Å². The predicted molar refractivity (Wildman–Crippen MR) is 106 cm³/mol. The monoisotopic (exact) mass is 384 g/mol. The number of nitrogens with one attached hydrogen (secondary N) is 1. The van der Waals surface area contributed by atoms with Gasteiger partial charge in [-0.05, 0) is 31.2 Å². The number of aromatic nitrogens is 2. The molecule has 2 heterocycles. The highest BCUT2D eigenvalue weighted by Crippen LogP contribution is 2.35. The molecule has 1 unspecified atom stereocenters. The molecule has 1 amide bonds. The Balaban J connectivity index is 1.82. The quantitative estimate of drug-likeness (QED) is 0.848. The Morgan fingerprint density at radius 2 is 2.21 bits per heavy atom. The van der Waals surface area contributed by atoms with Crippen molar-refractivity contribution in [2.45, 2.75) is 39.7 Å². The molecule has 1 aromatic carbocycles. The first-order valence-corrected chi connectivity index (χ1v) is 9.51. The summed E-state index contributed by atoms with van der Waals surface area (Å²) < 4.78 is 22.0. The van der Waals surface area contributed by atoms with E-state index >= 15 is 0 Å². The van der Waals surface area contributed by atoms with E-state index in [0.717, 1.165) is 29.8 Å². The van der Waals surface area contributed by atoms with Gasteiger partial charge in [-0.15, -0.1) is 0 Å². The van der Waals surface area contributed by atoms with Gasteiger partial charge in [-0.25, -0.2) is 9.07 Å². The van der Waals surface area contributed by atoms with Crippen LogP contribution in [0, 0.1) is 18.2 Å². The standard InChI is InChI=1S/C21H25FN4O2/c1-12-15-4-6-21(2,3)10-18(15)26(25-12)14-8-16(22)19(20(23)27)17(9-14)24-13-5-7-28-11-13/h4,6,8-9,13,24H,5,7,10-11H2,1-3H3,(H2,23,27). The third kappa shape index (κ3) is 3.30. The van der Waals surface area contributed by atoms with Gasteiger partial charge in [-0.1, -0.05) is 26.0 Å². The van der Waals surface area contributed by atoms with Crippen molar-refractivity contribution in [3.8, 4) is 5.69 Å². The van der Waals surface area contributed by atoms with E-state index in [2.05, 4.69) is 36.4 Å². The molecule has 0 saturated carbocycles. The Morgan fingerprint density at radius 3 is 2.89 bits per heavy atom. The molecule has 148 valence electrons. The number of halogens is 1. The minimum atomic E-state index is -0.798. The number of anilines is 1. The van der Waals surface area contributed by atoms with Crippen LogP contribution < -0.4 is 11.1 Å². The van der Waals surface area contributed by atoms with Crippen LogP contribution in [0.25, 0.3) is 11.8 Å². The Morgan fingerprint density at radius 1 is 1.43 bits per heavy atom. The number of aryl methyl sites for hydroxylation is 1. The van der Waals surface area contributed by atoms with Crippen LogP contribution in [0.2, 0.25) is 0 Å². The van der Waals surface area contributed by atoms with Crippen LogP contribution in [0.1, 0.15) is 47.6 Å². The SMILES string of the molecule is Cc1nn(-c2cc(F)c(C(N)=O)c(NC3CCOC3)c2)c2c1C=CC(C)(C)C2. The van der Waals surface area contributed by atoms with Gasteiger partial charge in [0.05, 0.1) is 41.0 Å². The lowest BCUT2D eigenvalue weighted by molar-refractivity contribution is 0.0997. The average Bonchev–Trinajstić information content (AvgIpc) is 3.21. The molecule has 2 aromatic rings. The van der Waals surface area contributed by atoms with Crippen LogP contribution >= 0.6 is 0 Å². The summed E-state index contributed by atoms with van der Waals surface area (Å²) in [6, 6.07) is 3.09. The molecule has 3 N–H and O–H groups in total. The Labute approximate surface area is 163 Å². The lowest BCUT2D eigenvalue weighted by Crippen LogP contribution is -2.24. The molecule has 0 bridgehead atoms. The van der Waals surface area contributed by atoms with Crippen LogP contribution in [-0.2, 0) is 11.2 Å². The van der Waals surface area contributed by atoms with Gasteiger partial charge in [-0.3, -0.25) is 4.79 Å². The summed E-state index contributed by atoms with van der Waals surface area (Å²) in [6.07, 6.45) is 5.84. The smallest absolute Gasteiger partial charge is 0.253 e. The van der Waals surface area contributed by atoms with Gasteiger partial charge in [0, 0.05) is 18.2 Å². The van der Waals surface area contributed by atoms with Gasteiger partial charge in [0.25, 0.3) is 5.91 Å². The molecule has 28 heavy (non-hydrogen) atoms. The second kappa shape index (κ2) is 6.74. The van der Waals surface area contributed by atoms with Gasteiger partial charge < -0.3 is 15.8 Å². The maximum atomic E-state index is 14.9. The van der Waals surface area contributed by atoms with Gasteiger partial charge in [0.1, 0.15) is 5.82 Å².